The average Bonchev–Trinajstić information content (AvgIpc) is 2.87. The molecule has 1 N–H and O–H groups in total. The fraction of sp³-hybridized carbons (Fsp3) is 0.421. The van der Waals surface area contributed by atoms with Crippen LogP contribution >= 0.6 is 0 Å². The predicted molar refractivity (Wildman–Crippen MR) is 88.1 cm³/mol. The van der Waals surface area contributed by atoms with Gasteiger partial charge in [-0.3, -0.25) is 4.79 Å². The van der Waals surface area contributed by atoms with E-state index in [1.807, 2.05) is 36.4 Å². The second-order valence-electron chi connectivity index (χ2n) is 6.72. The number of carbonyl (C=O) groups is 1. The molecule has 0 aromatic carbocycles. The molecule has 2 aliphatic heterocycles. The quantitative estimate of drug-likeness (QED) is 0.923. The first-order valence-corrected chi connectivity index (χ1v) is 8.23. The number of nitrogens with zero attached hydrogens (tertiary/aromatic N) is 1. The summed E-state index contributed by atoms with van der Waals surface area (Å²) in [5.74, 6) is 0.0788. The largest absolute Gasteiger partial charge is 0.349 e. The third-order valence-corrected chi connectivity index (χ3v) is 5.47. The van der Waals surface area contributed by atoms with Gasteiger partial charge in [-0.05, 0) is 49.9 Å². The maximum absolute atomic E-state index is 12.7. The van der Waals surface area contributed by atoms with Crippen molar-refractivity contribution in [3.05, 3.63) is 48.0 Å². The van der Waals surface area contributed by atoms with E-state index >= 15 is 0 Å². The van der Waals surface area contributed by atoms with Gasteiger partial charge in [-0.2, -0.15) is 0 Å². The minimum absolute atomic E-state index is 0.0788. The Morgan fingerprint density at radius 2 is 1.77 bits per heavy atom. The lowest BCUT2D eigenvalue weighted by Crippen LogP contribution is -2.48. The molecule has 0 aromatic heterocycles. The normalized spacial score (nSPS) is 28.0. The van der Waals surface area contributed by atoms with E-state index in [4.69, 9.17) is 0 Å². The van der Waals surface area contributed by atoms with Crippen LogP contribution in [0.5, 0.6) is 0 Å². The number of hydrogen-bond donors (Lipinski definition) is 1. The van der Waals surface area contributed by atoms with Crippen LogP contribution in [0.2, 0.25) is 0 Å². The first-order chi connectivity index (χ1) is 10.7. The zero-order chi connectivity index (χ0) is 15.1. The van der Waals surface area contributed by atoms with Crippen molar-refractivity contribution in [1.82, 2.24) is 10.2 Å². The first-order valence-electron chi connectivity index (χ1n) is 8.23. The molecule has 3 nitrogen and oxygen atoms in total. The van der Waals surface area contributed by atoms with Crippen molar-refractivity contribution in [3.63, 3.8) is 0 Å². The Bertz CT molecular complexity index is 654. The van der Waals surface area contributed by atoms with E-state index in [1.54, 1.807) is 0 Å². The van der Waals surface area contributed by atoms with Crippen molar-refractivity contribution in [1.29, 1.82) is 0 Å². The summed E-state index contributed by atoms with van der Waals surface area (Å²) in [5.41, 5.74) is 2.97. The molecule has 1 amide bonds. The van der Waals surface area contributed by atoms with Crippen molar-refractivity contribution in [3.8, 4) is 11.1 Å². The van der Waals surface area contributed by atoms with Gasteiger partial charge in [0.05, 0.1) is 0 Å². The second kappa shape index (κ2) is 5.40. The maximum Gasteiger partial charge on any atom is 0.252 e. The van der Waals surface area contributed by atoms with Crippen LogP contribution in [0.1, 0.15) is 36.0 Å². The molecule has 114 valence electrons. The molecular formula is C19H22N2O. The topological polar surface area (TPSA) is 32.3 Å². The number of fused-ring (bicyclic) bond motifs is 3. The molecule has 0 aromatic rings. The summed E-state index contributed by atoms with van der Waals surface area (Å²) in [6, 6.07) is 15.7. The van der Waals surface area contributed by atoms with Crippen molar-refractivity contribution in [2.45, 2.75) is 43.8 Å². The molecule has 2 saturated heterocycles. The first kappa shape index (κ1) is 13.8. The summed E-state index contributed by atoms with van der Waals surface area (Å²) in [7, 11) is 2.23. The van der Waals surface area contributed by atoms with Crippen LogP contribution < -0.4 is 5.32 Å². The fourth-order valence-corrected chi connectivity index (χ4v) is 4.21. The van der Waals surface area contributed by atoms with Gasteiger partial charge in [0.15, 0.2) is 0 Å². The smallest absolute Gasteiger partial charge is 0.252 e. The molecule has 2 bridgehead atoms. The van der Waals surface area contributed by atoms with Crippen LogP contribution in [0.15, 0.2) is 42.5 Å². The molecule has 2 fully saturated rings. The second-order valence-corrected chi connectivity index (χ2v) is 6.72. The maximum atomic E-state index is 12.7. The Balaban J connectivity index is 1.51. The van der Waals surface area contributed by atoms with Gasteiger partial charge < -0.3 is 10.2 Å². The summed E-state index contributed by atoms with van der Waals surface area (Å²) >= 11 is 0. The SMILES string of the molecule is CN1C2CCC1CC(NC(=O)c1ccc3cccccc1-3)C2. The van der Waals surface area contributed by atoms with Crippen molar-refractivity contribution >= 4 is 5.91 Å². The number of hydrogen-bond acceptors (Lipinski definition) is 2. The Labute approximate surface area is 131 Å². The highest BCUT2D eigenvalue weighted by molar-refractivity contribution is 6.02. The monoisotopic (exact) mass is 294 g/mol. The lowest BCUT2D eigenvalue weighted by Gasteiger charge is -2.36. The highest BCUT2D eigenvalue weighted by Gasteiger charge is 2.38. The molecule has 3 heteroatoms. The summed E-state index contributed by atoms with van der Waals surface area (Å²) in [5, 5.41) is 3.28. The lowest BCUT2D eigenvalue weighted by atomic mass is 9.97. The highest BCUT2D eigenvalue weighted by atomic mass is 16.1. The molecule has 0 radical (unpaired) electrons. The van der Waals surface area contributed by atoms with Crippen molar-refractivity contribution in [2.24, 2.45) is 0 Å². The molecule has 4 rings (SSSR count). The number of piperidine rings is 1. The summed E-state index contributed by atoms with van der Waals surface area (Å²) in [6.07, 6.45) is 4.74. The molecular weight excluding hydrogens is 272 g/mol. The Morgan fingerprint density at radius 1 is 1.05 bits per heavy atom. The third-order valence-electron chi connectivity index (χ3n) is 5.47. The molecule has 2 unspecified atom stereocenters. The number of amides is 1. The van der Waals surface area contributed by atoms with E-state index in [9.17, 15) is 4.79 Å². The van der Waals surface area contributed by atoms with E-state index in [0.29, 0.717) is 18.1 Å². The van der Waals surface area contributed by atoms with E-state index in [2.05, 4.69) is 23.3 Å². The van der Waals surface area contributed by atoms with E-state index in [0.717, 1.165) is 29.5 Å². The van der Waals surface area contributed by atoms with E-state index < -0.39 is 0 Å². The zero-order valence-corrected chi connectivity index (χ0v) is 13.0. The van der Waals surface area contributed by atoms with Crippen LogP contribution in [0.4, 0.5) is 0 Å². The number of carbonyl (C=O) groups excluding carboxylic acids is 1. The Morgan fingerprint density at radius 3 is 2.55 bits per heavy atom. The Hall–Kier alpha value is -1.87. The molecule has 22 heavy (non-hydrogen) atoms. The fourth-order valence-electron chi connectivity index (χ4n) is 4.21. The van der Waals surface area contributed by atoms with Gasteiger partial charge in [-0.25, -0.2) is 0 Å². The lowest BCUT2D eigenvalue weighted by molar-refractivity contribution is 0.0883. The molecule has 2 aliphatic carbocycles. The third kappa shape index (κ3) is 2.30. The number of rotatable bonds is 2. The van der Waals surface area contributed by atoms with E-state index in [-0.39, 0.29) is 5.91 Å². The van der Waals surface area contributed by atoms with Gasteiger partial charge in [-0.15, -0.1) is 0 Å². The van der Waals surface area contributed by atoms with Gasteiger partial charge in [0.1, 0.15) is 0 Å². The summed E-state index contributed by atoms with van der Waals surface area (Å²) < 4.78 is 0. The number of nitrogens with one attached hydrogen (secondary N) is 1. The molecule has 4 aliphatic rings. The van der Waals surface area contributed by atoms with Crippen molar-refractivity contribution < 1.29 is 4.79 Å². The minimum atomic E-state index is 0.0788. The van der Waals surface area contributed by atoms with Crippen LogP contribution in [0.25, 0.3) is 11.1 Å². The van der Waals surface area contributed by atoms with Crippen LogP contribution in [-0.2, 0) is 0 Å². The Kier molecular flexibility index (Phi) is 3.38. The highest BCUT2D eigenvalue weighted by Crippen LogP contribution is 2.34. The zero-order valence-electron chi connectivity index (χ0n) is 13.0. The predicted octanol–water partition coefficient (Wildman–Crippen LogP) is 3.15. The van der Waals surface area contributed by atoms with Gasteiger partial charge in [0.25, 0.3) is 5.91 Å². The van der Waals surface area contributed by atoms with Gasteiger partial charge >= 0.3 is 0 Å². The van der Waals surface area contributed by atoms with E-state index in [1.165, 1.54) is 12.8 Å². The van der Waals surface area contributed by atoms with Gasteiger partial charge in [0, 0.05) is 23.7 Å². The van der Waals surface area contributed by atoms with Crippen LogP contribution in [0, 0.1) is 0 Å². The molecule has 2 heterocycles. The van der Waals surface area contributed by atoms with Crippen molar-refractivity contribution in [2.75, 3.05) is 7.05 Å². The summed E-state index contributed by atoms with van der Waals surface area (Å²) in [4.78, 5) is 15.2. The standard InChI is InChI=1S/C19H22N2O/c1-21-15-8-9-16(21)12-14(11-15)20-19(22)18-10-7-13-5-3-2-4-6-17(13)18/h2-7,10,14-16H,8-9,11-12H2,1H3,(H,20,22). The molecule has 2 atom stereocenters. The van der Waals surface area contributed by atoms with Crippen LogP contribution in [-0.4, -0.2) is 36.0 Å². The minimum Gasteiger partial charge on any atom is -0.349 e. The molecule has 0 spiro atoms. The average molecular weight is 294 g/mol. The van der Waals surface area contributed by atoms with Gasteiger partial charge in [-0.1, -0.05) is 36.4 Å². The summed E-state index contributed by atoms with van der Waals surface area (Å²) in [6.45, 7) is 0. The van der Waals surface area contributed by atoms with Crippen LogP contribution in [0.3, 0.4) is 0 Å². The molecule has 0 saturated carbocycles. The van der Waals surface area contributed by atoms with Gasteiger partial charge in [0.2, 0.25) is 0 Å².